The lowest BCUT2D eigenvalue weighted by molar-refractivity contribution is 0.577. The molecule has 7 heteroatoms. The third-order valence-corrected chi connectivity index (χ3v) is 4.82. The van der Waals surface area contributed by atoms with E-state index in [2.05, 4.69) is 21.8 Å². The van der Waals surface area contributed by atoms with Gasteiger partial charge in [-0.25, -0.2) is 13.1 Å². The van der Waals surface area contributed by atoms with E-state index in [1.165, 1.54) is 10.8 Å². The Labute approximate surface area is 105 Å². The summed E-state index contributed by atoms with van der Waals surface area (Å²) in [6.45, 7) is 2.07. The lowest BCUT2D eigenvalue weighted by atomic mass is 10.3. The Balaban J connectivity index is 1.94. The lowest BCUT2D eigenvalue weighted by Crippen LogP contribution is -2.27. The molecule has 2 aromatic rings. The minimum absolute atomic E-state index is 0.0756. The fourth-order valence-corrected chi connectivity index (χ4v) is 3.55. The average Bonchev–Trinajstić information content (AvgIpc) is 2.93. The summed E-state index contributed by atoms with van der Waals surface area (Å²) in [4.78, 5) is 0.192. The van der Waals surface area contributed by atoms with Gasteiger partial charge in [-0.3, -0.25) is 0 Å². The highest BCUT2D eigenvalue weighted by molar-refractivity contribution is 7.89. The minimum atomic E-state index is -3.50. The number of nitrogens with one attached hydrogen (secondary N) is 1. The third kappa shape index (κ3) is 1.89. The Kier molecular flexibility index (Phi) is 2.60. The molecule has 1 saturated carbocycles. The van der Waals surface area contributed by atoms with Crippen molar-refractivity contribution >= 4 is 15.5 Å². The van der Waals surface area contributed by atoms with Crippen LogP contribution in [0.4, 0.5) is 0 Å². The molecule has 1 N–H and O–H groups in total. The molecule has 1 aliphatic rings. The van der Waals surface area contributed by atoms with Crippen molar-refractivity contribution in [2.75, 3.05) is 0 Å². The number of nitrogens with zero attached hydrogens (tertiary/aromatic N) is 3. The van der Waals surface area contributed by atoms with Gasteiger partial charge in [-0.05, 0) is 24.5 Å². The first-order valence-electron chi connectivity index (χ1n) is 5.93. The number of hydrogen-bond acceptors (Lipinski definition) is 4. The first kappa shape index (κ1) is 11.6. The smallest absolute Gasteiger partial charge is 0.208 e. The second kappa shape index (κ2) is 4.03. The molecule has 0 aliphatic heterocycles. The largest absolute Gasteiger partial charge is 0.244 e. The van der Waals surface area contributed by atoms with E-state index in [0.717, 1.165) is 12.8 Å². The van der Waals surface area contributed by atoms with Gasteiger partial charge in [0, 0.05) is 12.2 Å². The molecule has 0 aromatic carbocycles. The quantitative estimate of drug-likeness (QED) is 0.888. The van der Waals surface area contributed by atoms with Crippen LogP contribution in [0.1, 0.15) is 19.8 Å². The van der Waals surface area contributed by atoms with E-state index in [1.807, 2.05) is 0 Å². The van der Waals surface area contributed by atoms with Crippen molar-refractivity contribution in [1.29, 1.82) is 0 Å². The number of hydrogen-bond donors (Lipinski definition) is 1. The minimum Gasteiger partial charge on any atom is -0.208 e. The highest BCUT2D eigenvalue weighted by Gasteiger charge is 2.39. The number of rotatable bonds is 4. The van der Waals surface area contributed by atoms with Gasteiger partial charge in [0.1, 0.15) is 10.4 Å². The summed E-state index contributed by atoms with van der Waals surface area (Å²) in [5.74, 6) is 0.472. The molecule has 2 heterocycles. The second-order valence-corrected chi connectivity index (χ2v) is 6.22. The zero-order valence-corrected chi connectivity index (χ0v) is 10.8. The molecule has 3 rings (SSSR count). The maximum atomic E-state index is 12.2. The zero-order chi connectivity index (χ0) is 12.8. The number of sulfonamides is 1. The standard InChI is InChI=1S/C11H14N4O2S/c1-2-8-6-9(8)14-18(16,17)11-7-13-15-10(11)4-3-5-12-15/h3-5,7-9,14H,2,6H2,1H3/t8-,9-/m1/s1. The van der Waals surface area contributed by atoms with Gasteiger partial charge >= 0.3 is 0 Å². The topological polar surface area (TPSA) is 76.4 Å². The van der Waals surface area contributed by atoms with Gasteiger partial charge in [-0.2, -0.15) is 14.8 Å². The fourth-order valence-electron chi connectivity index (χ4n) is 2.12. The molecule has 2 aromatic heterocycles. The molecule has 1 aliphatic carbocycles. The van der Waals surface area contributed by atoms with E-state index >= 15 is 0 Å². The Morgan fingerprint density at radius 3 is 3.06 bits per heavy atom. The SMILES string of the molecule is CC[C@@H]1C[C@H]1NS(=O)(=O)c1cnn2ncccc12. The first-order valence-corrected chi connectivity index (χ1v) is 7.41. The zero-order valence-electron chi connectivity index (χ0n) is 9.94. The molecule has 96 valence electrons. The van der Waals surface area contributed by atoms with E-state index in [4.69, 9.17) is 0 Å². The summed E-state index contributed by atoms with van der Waals surface area (Å²) in [6.07, 6.45) is 4.84. The summed E-state index contributed by atoms with van der Waals surface area (Å²) in [6, 6.07) is 3.47. The normalized spacial score (nSPS) is 23.4. The average molecular weight is 266 g/mol. The van der Waals surface area contributed by atoms with Crippen LogP contribution in [0, 0.1) is 5.92 Å². The summed E-state index contributed by atoms with van der Waals surface area (Å²) < 4.78 is 28.5. The van der Waals surface area contributed by atoms with Crippen LogP contribution in [0.5, 0.6) is 0 Å². The third-order valence-electron chi connectivity index (χ3n) is 3.31. The molecule has 6 nitrogen and oxygen atoms in total. The van der Waals surface area contributed by atoms with Crippen molar-refractivity contribution in [3.8, 4) is 0 Å². The molecule has 18 heavy (non-hydrogen) atoms. The first-order chi connectivity index (χ1) is 8.62. The van der Waals surface area contributed by atoms with Gasteiger partial charge in [0.05, 0.1) is 6.20 Å². The van der Waals surface area contributed by atoms with Crippen molar-refractivity contribution in [2.24, 2.45) is 5.92 Å². The van der Waals surface area contributed by atoms with Crippen LogP contribution in [0.25, 0.3) is 5.52 Å². The Morgan fingerprint density at radius 1 is 1.50 bits per heavy atom. The van der Waals surface area contributed by atoms with Crippen molar-refractivity contribution in [2.45, 2.75) is 30.7 Å². The van der Waals surface area contributed by atoms with E-state index in [9.17, 15) is 8.42 Å². The molecule has 1 fully saturated rings. The van der Waals surface area contributed by atoms with Gasteiger partial charge in [0.15, 0.2) is 0 Å². The summed E-state index contributed by atoms with van der Waals surface area (Å²) in [7, 11) is -3.50. The molecule has 0 unspecified atom stereocenters. The van der Waals surface area contributed by atoms with Crippen LogP contribution in [0.3, 0.4) is 0 Å². The maximum absolute atomic E-state index is 12.2. The fraction of sp³-hybridized carbons (Fsp3) is 0.455. The monoisotopic (exact) mass is 266 g/mol. The molecular formula is C11H14N4O2S. The Morgan fingerprint density at radius 2 is 2.33 bits per heavy atom. The van der Waals surface area contributed by atoms with E-state index in [0.29, 0.717) is 11.4 Å². The summed E-state index contributed by atoms with van der Waals surface area (Å²) in [5, 5.41) is 7.89. The lowest BCUT2D eigenvalue weighted by Gasteiger charge is -2.04. The van der Waals surface area contributed by atoms with Crippen LogP contribution >= 0.6 is 0 Å². The molecule has 2 atom stereocenters. The van der Waals surface area contributed by atoms with Gasteiger partial charge in [-0.1, -0.05) is 13.3 Å². The molecular weight excluding hydrogens is 252 g/mol. The molecule has 0 saturated heterocycles. The van der Waals surface area contributed by atoms with Crippen molar-refractivity contribution in [3.05, 3.63) is 24.5 Å². The molecule has 0 bridgehead atoms. The van der Waals surface area contributed by atoms with Gasteiger partial charge in [0.25, 0.3) is 0 Å². The van der Waals surface area contributed by atoms with Crippen molar-refractivity contribution in [1.82, 2.24) is 19.5 Å². The van der Waals surface area contributed by atoms with E-state index in [-0.39, 0.29) is 10.9 Å². The Hall–Kier alpha value is -1.47. The van der Waals surface area contributed by atoms with Crippen LogP contribution in [0.15, 0.2) is 29.4 Å². The number of fused-ring (bicyclic) bond motifs is 1. The van der Waals surface area contributed by atoms with E-state index < -0.39 is 10.0 Å². The number of aromatic nitrogens is 3. The molecule has 0 spiro atoms. The van der Waals surface area contributed by atoms with Crippen molar-refractivity contribution < 1.29 is 8.42 Å². The summed E-state index contributed by atoms with van der Waals surface area (Å²) in [5.41, 5.74) is 0.499. The van der Waals surface area contributed by atoms with Crippen LogP contribution < -0.4 is 4.72 Å². The molecule has 0 radical (unpaired) electrons. The van der Waals surface area contributed by atoms with E-state index in [1.54, 1.807) is 18.3 Å². The predicted octanol–water partition coefficient (Wildman–Crippen LogP) is 0.806. The predicted molar refractivity (Wildman–Crippen MR) is 65.5 cm³/mol. The highest BCUT2D eigenvalue weighted by atomic mass is 32.2. The maximum Gasteiger partial charge on any atom is 0.244 e. The molecule has 0 amide bonds. The van der Waals surface area contributed by atoms with Crippen LogP contribution in [0.2, 0.25) is 0 Å². The van der Waals surface area contributed by atoms with Gasteiger partial charge in [-0.15, -0.1) is 0 Å². The summed E-state index contributed by atoms with van der Waals surface area (Å²) >= 11 is 0. The highest BCUT2D eigenvalue weighted by Crippen LogP contribution is 2.34. The Bertz CT molecular complexity index is 679. The van der Waals surface area contributed by atoms with Crippen molar-refractivity contribution in [3.63, 3.8) is 0 Å². The second-order valence-electron chi connectivity index (χ2n) is 4.54. The van der Waals surface area contributed by atoms with Crippen LogP contribution in [-0.2, 0) is 10.0 Å². The van der Waals surface area contributed by atoms with Gasteiger partial charge in [0.2, 0.25) is 10.0 Å². The van der Waals surface area contributed by atoms with Gasteiger partial charge < -0.3 is 0 Å². The van der Waals surface area contributed by atoms with Crippen LogP contribution in [-0.4, -0.2) is 29.3 Å².